The minimum atomic E-state index is -1.23. The van der Waals surface area contributed by atoms with Crippen molar-refractivity contribution in [3.63, 3.8) is 0 Å². The standard InChI is InChI=1S/C18H14FNO4/c1-10-13-9-12(19)7-8-14(13)23-15(10)18(22)24-16(17(20)21)11-5-3-2-4-6-11/h2-9,16H,1H3,(H2,20,21). The van der Waals surface area contributed by atoms with E-state index in [1.54, 1.807) is 37.3 Å². The number of amides is 1. The van der Waals surface area contributed by atoms with E-state index >= 15 is 0 Å². The summed E-state index contributed by atoms with van der Waals surface area (Å²) in [7, 11) is 0. The monoisotopic (exact) mass is 327 g/mol. The number of rotatable bonds is 4. The van der Waals surface area contributed by atoms with E-state index in [0.29, 0.717) is 22.1 Å². The van der Waals surface area contributed by atoms with E-state index < -0.39 is 23.8 Å². The highest BCUT2D eigenvalue weighted by molar-refractivity contribution is 5.97. The number of fused-ring (bicyclic) bond motifs is 1. The normalized spacial score (nSPS) is 12.1. The van der Waals surface area contributed by atoms with Crippen LogP contribution in [-0.2, 0) is 9.53 Å². The number of furan rings is 1. The first kappa shape index (κ1) is 15.7. The summed E-state index contributed by atoms with van der Waals surface area (Å²) in [6, 6.07) is 12.4. The second-order valence-electron chi connectivity index (χ2n) is 5.30. The van der Waals surface area contributed by atoms with Crippen LogP contribution in [0.25, 0.3) is 11.0 Å². The Balaban J connectivity index is 1.94. The fraction of sp³-hybridized carbons (Fsp3) is 0.111. The van der Waals surface area contributed by atoms with Crippen molar-refractivity contribution in [2.24, 2.45) is 5.73 Å². The maximum absolute atomic E-state index is 13.3. The van der Waals surface area contributed by atoms with Crippen LogP contribution in [0.1, 0.15) is 27.8 Å². The lowest BCUT2D eigenvalue weighted by atomic mass is 10.1. The molecule has 1 aromatic heterocycles. The molecule has 3 aromatic rings. The van der Waals surface area contributed by atoms with Crippen molar-refractivity contribution in [2.45, 2.75) is 13.0 Å². The third kappa shape index (κ3) is 2.86. The molecule has 0 bridgehead atoms. The molecular formula is C18H14FNO4. The summed E-state index contributed by atoms with van der Waals surface area (Å²) in [5, 5.41) is 0.470. The Labute approximate surface area is 136 Å². The molecule has 0 saturated carbocycles. The number of ether oxygens (including phenoxy) is 1. The Morgan fingerprint density at radius 2 is 1.88 bits per heavy atom. The summed E-state index contributed by atoms with van der Waals surface area (Å²) in [4.78, 5) is 24.0. The van der Waals surface area contributed by atoms with Gasteiger partial charge in [0.25, 0.3) is 5.91 Å². The van der Waals surface area contributed by atoms with Crippen molar-refractivity contribution < 1.29 is 23.1 Å². The van der Waals surface area contributed by atoms with E-state index in [4.69, 9.17) is 14.9 Å². The van der Waals surface area contributed by atoms with Gasteiger partial charge in [0.15, 0.2) is 0 Å². The molecule has 0 saturated heterocycles. The zero-order chi connectivity index (χ0) is 17.3. The molecule has 0 aliphatic rings. The van der Waals surface area contributed by atoms with Gasteiger partial charge in [-0.2, -0.15) is 0 Å². The quantitative estimate of drug-likeness (QED) is 0.746. The number of nitrogens with two attached hydrogens (primary N) is 1. The summed E-state index contributed by atoms with van der Waals surface area (Å²) < 4.78 is 24.0. The van der Waals surface area contributed by atoms with Gasteiger partial charge in [0.05, 0.1) is 0 Å². The molecule has 1 heterocycles. The number of halogens is 1. The molecule has 2 N–H and O–H groups in total. The van der Waals surface area contributed by atoms with Crippen molar-refractivity contribution >= 4 is 22.8 Å². The van der Waals surface area contributed by atoms with E-state index in [1.807, 2.05) is 0 Å². The number of hydrogen-bond donors (Lipinski definition) is 1. The Kier molecular flexibility index (Phi) is 4.04. The summed E-state index contributed by atoms with van der Waals surface area (Å²) in [5.74, 6) is -2.16. The smallest absolute Gasteiger partial charge is 0.375 e. The SMILES string of the molecule is Cc1c(C(=O)OC(C(N)=O)c2ccccc2)oc2ccc(F)cc12. The molecule has 0 fully saturated rings. The molecule has 5 nitrogen and oxygen atoms in total. The van der Waals surface area contributed by atoms with Gasteiger partial charge in [-0.1, -0.05) is 30.3 Å². The molecule has 1 unspecified atom stereocenters. The number of primary amides is 1. The molecule has 0 aliphatic heterocycles. The van der Waals surface area contributed by atoms with Crippen LogP contribution in [0, 0.1) is 12.7 Å². The molecule has 1 atom stereocenters. The zero-order valence-electron chi connectivity index (χ0n) is 12.8. The first-order valence-electron chi connectivity index (χ1n) is 7.21. The molecule has 122 valence electrons. The highest BCUT2D eigenvalue weighted by atomic mass is 19.1. The van der Waals surface area contributed by atoms with Crippen LogP contribution in [-0.4, -0.2) is 11.9 Å². The van der Waals surface area contributed by atoms with Crippen LogP contribution in [0.3, 0.4) is 0 Å². The van der Waals surface area contributed by atoms with Gasteiger partial charge in [-0.15, -0.1) is 0 Å². The lowest BCUT2D eigenvalue weighted by Crippen LogP contribution is -2.26. The number of carbonyl (C=O) groups is 2. The number of aryl methyl sites for hydroxylation is 1. The van der Waals surface area contributed by atoms with Crippen molar-refractivity contribution in [3.8, 4) is 0 Å². The number of esters is 1. The van der Waals surface area contributed by atoms with E-state index in [2.05, 4.69) is 0 Å². The molecular weight excluding hydrogens is 313 g/mol. The van der Waals surface area contributed by atoms with Gasteiger partial charge in [-0.3, -0.25) is 4.79 Å². The topological polar surface area (TPSA) is 82.5 Å². The minimum Gasteiger partial charge on any atom is -0.449 e. The summed E-state index contributed by atoms with van der Waals surface area (Å²) >= 11 is 0. The minimum absolute atomic E-state index is 0.0854. The van der Waals surface area contributed by atoms with Gasteiger partial charge in [0, 0.05) is 16.5 Å². The fourth-order valence-electron chi connectivity index (χ4n) is 2.47. The van der Waals surface area contributed by atoms with E-state index in [1.165, 1.54) is 18.2 Å². The molecule has 3 rings (SSSR count). The summed E-state index contributed by atoms with van der Waals surface area (Å²) in [5.41, 5.74) is 6.58. The second kappa shape index (κ2) is 6.16. The number of carbonyl (C=O) groups excluding carboxylic acids is 2. The molecule has 6 heteroatoms. The van der Waals surface area contributed by atoms with Crippen LogP contribution >= 0.6 is 0 Å². The first-order valence-corrected chi connectivity index (χ1v) is 7.21. The predicted octanol–water partition coefficient (Wildman–Crippen LogP) is 3.26. The van der Waals surface area contributed by atoms with Gasteiger partial charge in [-0.05, 0) is 25.1 Å². The maximum atomic E-state index is 13.3. The van der Waals surface area contributed by atoms with Gasteiger partial charge in [-0.25, -0.2) is 9.18 Å². The van der Waals surface area contributed by atoms with E-state index in [9.17, 15) is 14.0 Å². The average molecular weight is 327 g/mol. The Bertz CT molecular complexity index is 917. The Hall–Kier alpha value is -3.15. The van der Waals surface area contributed by atoms with Crippen molar-refractivity contribution in [3.05, 3.63) is 71.2 Å². The lowest BCUT2D eigenvalue weighted by Gasteiger charge is -2.14. The predicted molar refractivity (Wildman–Crippen MR) is 84.7 cm³/mol. The van der Waals surface area contributed by atoms with Crippen LogP contribution in [0.15, 0.2) is 52.9 Å². The van der Waals surface area contributed by atoms with Crippen molar-refractivity contribution in [1.29, 1.82) is 0 Å². The Morgan fingerprint density at radius 3 is 2.54 bits per heavy atom. The third-order valence-electron chi connectivity index (χ3n) is 3.67. The van der Waals surface area contributed by atoms with Crippen LogP contribution in [0.5, 0.6) is 0 Å². The highest BCUT2D eigenvalue weighted by Crippen LogP contribution is 2.28. The largest absolute Gasteiger partial charge is 0.449 e. The van der Waals surface area contributed by atoms with Crippen LogP contribution in [0.2, 0.25) is 0 Å². The zero-order valence-corrected chi connectivity index (χ0v) is 12.8. The van der Waals surface area contributed by atoms with Crippen molar-refractivity contribution in [1.82, 2.24) is 0 Å². The highest BCUT2D eigenvalue weighted by Gasteiger charge is 2.27. The lowest BCUT2D eigenvalue weighted by molar-refractivity contribution is -0.127. The maximum Gasteiger partial charge on any atom is 0.375 e. The average Bonchev–Trinajstić information content (AvgIpc) is 2.89. The second-order valence-corrected chi connectivity index (χ2v) is 5.30. The van der Waals surface area contributed by atoms with Crippen molar-refractivity contribution in [2.75, 3.05) is 0 Å². The van der Waals surface area contributed by atoms with E-state index in [-0.39, 0.29) is 5.76 Å². The number of hydrogen-bond acceptors (Lipinski definition) is 4. The summed E-state index contributed by atoms with van der Waals surface area (Å²) in [6.45, 7) is 1.61. The fourth-order valence-corrected chi connectivity index (χ4v) is 2.47. The van der Waals surface area contributed by atoms with Crippen LogP contribution in [0.4, 0.5) is 4.39 Å². The molecule has 0 aliphatic carbocycles. The Morgan fingerprint density at radius 1 is 1.17 bits per heavy atom. The van der Waals surface area contributed by atoms with Gasteiger partial charge in [0.1, 0.15) is 11.4 Å². The van der Waals surface area contributed by atoms with Gasteiger partial charge < -0.3 is 14.9 Å². The first-order chi connectivity index (χ1) is 11.5. The number of benzene rings is 2. The molecule has 0 spiro atoms. The van der Waals surface area contributed by atoms with E-state index in [0.717, 1.165) is 0 Å². The molecule has 2 aromatic carbocycles. The van der Waals surface area contributed by atoms with Gasteiger partial charge in [0.2, 0.25) is 11.9 Å². The molecule has 24 heavy (non-hydrogen) atoms. The third-order valence-corrected chi connectivity index (χ3v) is 3.67. The molecule has 1 amide bonds. The molecule has 0 radical (unpaired) electrons. The van der Waals surface area contributed by atoms with Gasteiger partial charge >= 0.3 is 5.97 Å². The summed E-state index contributed by atoms with van der Waals surface area (Å²) in [6.07, 6.45) is -1.23. The van der Waals surface area contributed by atoms with Crippen LogP contribution < -0.4 is 5.73 Å².